The average Bonchev–Trinajstić information content (AvgIpc) is 3.14. The van der Waals surface area contributed by atoms with Crippen molar-refractivity contribution in [1.82, 2.24) is 4.98 Å². The number of hydrogen-bond donors (Lipinski definition) is 0. The smallest absolute Gasteiger partial charge is 0.264 e. The highest BCUT2D eigenvalue weighted by atomic mass is 32.2. The van der Waals surface area contributed by atoms with Crippen LogP contribution in [-0.4, -0.2) is 19.9 Å². The monoisotopic (exact) mass is 334 g/mol. The van der Waals surface area contributed by atoms with E-state index >= 15 is 0 Å². The first-order valence-corrected chi connectivity index (χ1v) is 9.52. The van der Waals surface area contributed by atoms with Gasteiger partial charge in [0.05, 0.1) is 5.69 Å². The first-order chi connectivity index (χ1) is 10.5. The summed E-state index contributed by atoms with van der Waals surface area (Å²) >= 11 is 1.15. The van der Waals surface area contributed by atoms with Gasteiger partial charge in [-0.1, -0.05) is 32.1 Å². The minimum atomic E-state index is -3.60. The molecule has 4 nitrogen and oxygen atoms in total. The van der Waals surface area contributed by atoms with E-state index < -0.39 is 10.0 Å². The van der Waals surface area contributed by atoms with Gasteiger partial charge < -0.3 is 0 Å². The molecule has 22 heavy (non-hydrogen) atoms. The minimum absolute atomic E-state index is 0.145. The van der Waals surface area contributed by atoms with E-state index in [1.807, 2.05) is 32.0 Å². The number of aromatic nitrogens is 1. The standard InChI is InChI=1S/C16H18N2O2S2/c1-12(2)11-18(22(19,20)16-17-8-9-21-16)15-7-6-13-4-3-5-14(13)10-15/h3-4,6-10,12H,5,11H2,1-2H3. The Kier molecular flexibility index (Phi) is 4.06. The van der Waals surface area contributed by atoms with E-state index in [0.717, 1.165) is 17.8 Å². The van der Waals surface area contributed by atoms with Crippen LogP contribution < -0.4 is 4.31 Å². The van der Waals surface area contributed by atoms with Gasteiger partial charge in [0, 0.05) is 18.1 Å². The molecule has 1 heterocycles. The summed E-state index contributed by atoms with van der Waals surface area (Å²) in [7, 11) is -3.60. The quantitative estimate of drug-likeness (QED) is 0.840. The molecule has 0 amide bonds. The van der Waals surface area contributed by atoms with Gasteiger partial charge in [-0.05, 0) is 35.6 Å². The predicted molar refractivity (Wildman–Crippen MR) is 90.7 cm³/mol. The van der Waals surface area contributed by atoms with Crippen LogP contribution in [-0.2, 0) is 16.4 Å². The van der Waals surface area contributed by atoms with Crippen molar-refractivity contribution in [3.8, 4) is 0 Å². The van der Waals surface area contributed by atoms with E-state index in [-0.39, 0.29) is 10.3 Å². The van der Waals surface area contributed by atoms with E-state index in [4.69, 9.17) is 0 Å². The van der Waals surface area contributed by atoms with Crippen molar-refractivity contribution in [1.29, 1.82) is 0 Å². The lowest BCUT2D eigenvalue weighted by Crippen LogP contribution is -2.34. The van der Waals surface area contributed by atoms with Crippen LogP contribution in [0.5, 0.6) is 0 Å². The van der Waals surface area contributed by atoms with Crippen LogP contribution in [0.4, 0.5) is 5.69 Å². The Morgan fingerprint density at radius 2 is 2.18 bits per heavy atom. The van der Waals surface area contributed by atoms with Crippen LogP contribution in [0.25, 0.3) is 6.08 Å². The molecule has 0 atom stereocenters. The van der Waals surface area contributed by atoms with Crippen LogP contribution in [0.2, 0.25) is 0 Å². The second-order valence-corrected chi connectivity index (χ2v) is 8.65. The maximum atomic E-state index is 12.9. The number of thiazole rings is 1. The maximum Gasteiger partial charge on any atom is 0.291 e. The lowest BCUT2D eigenvalue weighted by Gasteiger charge is -2.25. The maximum absolute atomic E-state index is 12.9. The van der Waals surface area contributed by atoms with Crippen LogP contribution in [0.3, 0.4) is 0 Å². The fourth-order valence-corrected chi connectivity index (χ4v) is 5.06. The third-order valence-corrected chi connectivity index (χ3v) is 6.47. The minimum Gasteiger partial charge on any atom is -0.264 e. The van der Waals surface area contributed by atoms with Crippen molar-refractivity contribution < 1.29 is 8.42 Å². The molecule has 0 saturated carbocycles. The van der Waals surface area contributed by atoms with E-state index in [9.17, 15) is 8.42 Å². The summed E-state index contributed by atoms with van der Waals surface area (Å²) in [5.74, 6) is 0.223. The topological polar surface area (TPSA) is 50.3 Å². The summed E-state index contributed by atoms with van der Waals surface area (Å²) in [5.41, 5.74) is 3.05. The molecule has 0 bridgehead atoms. The number of allylic oxidation sites excluding steroid dienone is 1. The van der Waals surface area contributed by atoms with E-state index in [2.05, 4.69) is 17.1 Å². The number of nitrogens with zero attached hydrogens (tertiary/aromatic N) is 2. The Morgan fingerprint density at radius 3 is 2.86 bits per heavy atom. The zero-order valence-corrected chi connectivity index (χ0v) is 14.2. The number of sulfonamides is 1. The molecular formula is C16H18N2O2S2. The molecule has 0 aliphatic heterocycles. The molecule has 1 aliphatic rings. The van der Waals surface area contributed by atoms with Gasteiger partial charge in [0.1, 0.15) is 0 Å². The number of hydrogen-bond acceptors (Lipinski definition) is 4. The summed E-state index contributed by atoms with van der Waals surface area (Å²) in [4.78, 5) is 3.99. The van der Waals surface area contributed by atoms with Crippen molar-refractivity contribution in [3.63, 3.8) is 0 Å². The molecule has 3 rings (SSSR count). The molecule has 0 spiro atoms. The molecule has 1 aromatic heterocycles. The van der Waals surface area contributed by atoms with Crippen molar-refractivity contribution in [2.45, 2.75) is 24.6 Å². The molecule has 2 aromatic rings. The highest BCUT2D eigenvalue weighted by molar-refractivity contribution is 7.94. The lowest BCUT2D eigenvalue weighted by atomic mass is 10.1. The van der Waals surface area contributed by atoms with Crippen molar-refractivity contribution in [2.24, 2.45) is 5.92 Å². The first kappa shape index (κ1) is 15.2. The molecule has 0 radical (unpaired) electrons. The summed E-state index contributed by atoms with van der Waals surface area (Å²) in [6.07, 6.45) is 6.55. The molecule has 1 aromatic carbocycles. The summed E-state index contributed by atoms with van der Waals surface area (Å²) in [5, 5.41) is 1.69. The number of fused-ring (bicyclic) bond motifs is 1. The average molecular weight is 334 g/mol. The second kappa shape index (κ2) is 5.85. The normalized spacial score (nSPS) is 13.6. The SMILES string of the molecule is CC(C)CN(c1ccc2c(c1)CC=C2)S(=O)(=O)c1nccs1. The number of benzene rings is 1. The Balaban J connectivity index is 2.04. The third-order valence-electron chi connectivity index (χ3n) is 3.50. The third kappa shape index (κ3) is 2.80. The first-order valence-electron chi connectivity index (χ1n) is 7.20. The molecule has 0 saturated heterocycles. The van der Waals surface area contributed by atoms with Crippen molar-refractivity contribution in [3.05, 3.63) is 47.0 Å². The number of rotatable bonds is 5. The van der Waals surface area contributed by atoms with E-state index in [0.29, 0.717) is 12.2 Å². The summed E-state index contributed by atoms with van der Waals surface area (Å²) in [6.45, 7) is 4.46. The summed E-state index contributed by atoms with van der Waals surface area (Å²) < 4.78 is 27.4. The van der Waals surface area contributed by atoms with Crippen molar-refractivity contribution in [2.75, 3.05) is 10.8 Å². The van der Waals surface area contributed by atoms with Gasteiger partial charge in [-0.2, -0.15) is 8.42 Å². The highest BCUT2D eigenvalue weighted by Gasteiger charge is 2.28. The van der Waals surface area contributed by atoms with Gasteiger partial charge in [-0.15, -0.1) is 11.3 Å². The van der Waals surface area contributed by atoms with Crippen molar-refractivity contribution >= 4 is 33.1 Å². The molecule has 0 N–H and O–H groups in total. The Labute approximate surface area is 135 Å². The van der Waals surface area contributed by atoms with Crippen LogP contribution in [0.15, 0.2) is 40.2 Å². The van der Waals surface area contributed by atoms with Gasteiger partial charge in [-0.3, -0.25) is 4.31 Å². The molecule has 6 heteroatoms. The van der Waals surface area contributed by atoms with Gasteiger partial charge in [0.25, 0.3) is 10.0 Å². The van der Waals surface area contributed by atoms with Gasteiger partial charge in [0.2, 0.25) is 4.34 Å². The van der Waals surface area contributed by atoms with E-state index in [1.54, 1.807) is 5.38 Å². The van der Waals surface area contributed by atoms with Crippen LogP contribution >= 0.6 is 11.3 Å². The summed E-state index contributed by atoms with van der Waals surface area (Å²) in [6, 6.07) is 5.84. The molecule has 0 fully saturated rings. The van der Waals surface area contributed by atoms with Gasteiger partial charge in [-0.25, -0.2) is 4.98 Å². The van der Waals surface area contributed by atoms with E-state index in [1.165, 1.54) is 21.6 Å². The molecule has 1 aliphatic carbocycles. The molecule has 0 unspecified atom stereocenters. The van der Waals surface area contributed by atoms with Crippen LogP contribution in [0, 0.1) is 5.92 Å². The molecular weight excluding hydrogens is 316 g/mol. The fraction of sp³-hybridized carbons (Fsp3) is 0.312. The molecule has 116 valence electrons. The number of anilines is 1. The fourth-order valence-electron chi connectivity index (χ4n) is 2.51. The Hall–Kier alpha value is -1.66. The zero-order chi connectivity index (χ0) is 15.7. The predicted octanol–water partition coefficient (Wildman–Crippen LogP) is 3.56. The Morgan fingerprint density at radius 1 is 1.36 bits per heavy atom. The second-order valence-electron chi connectivity index (χ2n) is 5.72. The largest absolute Gasteiger partial charge is 0.291 e. The Bertz CT molecular complexity index is 794. The zero-order valence-electron chi connectivity index (χ0n) is 12.6. The lowest BCUT2D eigenvalue weighted by molar-refractivity contribution is 0.577. The van der Waals surface area contributed by atoms with Gasteiger partial charge >= 0.3 is 0 Å². The van der Waals surface area contributed by atoms with Crippen LogP contribution in [0.1, 0.15) is 25.0 Å². The van der Waals surface area contributed by atoms with Gasteiger partial charge in [0.15, 0.2) is 0 Å². The highest BCUT2D eigenvalue weighted by Crippen LogP contribution is 2.30.